The first kappa shape index (κ1) is 18.6. The normalized spacial score (nSPS) is 27.2. The van der Waals surface area contributed by atoms with Gasteiger partial charge in [-0.2, -0.15) is 8.75 Å². The van der Waals surface area contributed by atoms with Crippen LogP contribution in [0.25, 0.3) is 11.0 Å². The van der Waals surface area contributed by atoms with Crippen LogP contribution in [-0.2, 0) is 10.0 Å². The standard InChI is InChI=1S/C17H24N6O2S2/c1-11-5-3-7-14(12(11)2)23-9-18-17(19-10-23)22-27(24,25)15-8-4-6-13-16(15)21-26-20-13/h4,6,8,11-12,14H,3,5,7,9-10H2,1-2H3,(H2,18,19,22)/t11-,12+,14+/m1/s1. The van der Waals surface area contributed by atoms with Crippen molar-refractivity contribution in [3.8, 4) is 0 Å². The molecule has 1 aliphatic carbocycles. The molecule has 3 atom stereocenters. The summed E-state index contributed by atoms with van der Waals surface area (Å²) in [6.07, 6.45) is 3.69. The number of rotatable bonds is 3. The van der Waals surface area contributed by atoms with Gasteiger partial charge < -0.3 is 5.32 Å². The maximum absolute atomic E-state index is 12.8. The average molecular weight is 409 g/mol. The van der Waals surface area contributed by atoms with Gasteiger partial charge in [-0.05, 0) is 30.4 Å². The fourth-order valence-electron chi connectivity index (χ4n) is 3.98. The van der Waals surface area contributed by atoms with Crippen molar-refractivity contribution in [1.82, 2.24) is 23.7 Å². The monoisotopic (exact) mass is 408 g/mol. The minimum atomic E-state index is -3.78. The zero-order chi connectivity index (χ0) is 19.0. The van der Waals surface area contributed by atoms with E-state index in [4.69, 9.17) is 0 Å². The lowest BCUT2D eigenvalue weighted by molar-refractivity contribution is 0.0768. The molecule has 1 aromatic carbocycles. The SMILES string of the molecule is C[C@H]1[C@H](C)CCC[C@@H]1N1CN=C(NS(=O)(=O)c2cccc3nsnc23)NC1. The molecule has 0 spiro atoms. The van der Waals surface area contributed by atoms with Crippen LogP contribution < -0.4 is 10.0 Å². The van der Waals surface area contributed by atoms with E-state index in [0.717, 1.165) is 11.7 Å². The van der Waals surface area contributed by atoms with Gasteiger partial charge in [-0.15, -0.1) is 0 Å². The van der Waals surface area contributed by atoms with Gasteiger partial charge in [-0.25, -0.2) is 18.1 Å². The molecule has 4 rings (SSSR count). The van der Waals surface area contributed by atoms with E-state index in [1.807, 2.05) is 0 Å². The van der Waals surface area contributed by atoms with Gasteiger partial charge in [0.25, 0.3) is 10.0 Å². The van der Waals surface area contributed by atoms with E-state index in [2.05, 4.69) is 42.5 Å². The van der Waals surface area contributed by atoms with Gasteiger partial charge in [-0.3, -0.25) is 4.90 Å². The second-order valence-electron chi connectivity index (χ2n) is 7.40. The van der Waals surface area contributed by atoms with Gasteiger partial charge in [0.05, 0.1) is 25.1 Å². The summed E-state index contributed by atoms with van der Waals surface area (Å²) in [7, 11) is -3.78. The smallest absolute Gasteiger partial charge is 0.266 e. The van der Waals surface area contributed by atoms with Crippen molar-refractivity contribution in [2.75, 3.05) is 13.3 Å². The zero-order valence-corrected chi connectivity index (χ0v) is 17.1. The molecular weight excluding hydrogens is 384 g/mol. The van der Waals surface area contributed by atoms with E-state index in [-0.39, 0.29) is 10.9 Å². The van der Waals surface area contributed by atoms with Crippen LogP contribution in [0.4, 0.5) is 0 Å². The Morgan fingerprint density at radius 2 is 2.11 bits per heavy atom. The minimum absolute atomic E-state index is 0.121. The summed E-state index contributed by atoms with van der Waals surface area (Å²) in [5.74, 6) is 1.60. The number of fused-ring (bicyclic) bond motifs is 1. The fraction of sp³-hybridized carbons (Fsp3) is 0.588. The Morgan fingerprint density at radius 3 is 2.89 bits per heavy atom. The minimum Gasteiger partial charge on any atom is -0.343 e. The molecule has 2 heterocycles. The Bertz CT molecular complexity index is 957. The van der Waals surface area contributed by atoms with Crippen LogP contribution in [0.2, 0.25) is 0 Å². The fourth-order valence-corrected chi connectivity index (χ4v) is 5.76. The van der Waals surface area contributed by atoms with Crippen molar-refractivity contribution in [2.45, 2.75) is 44.0 Å². The van der Waals surface area contributed by atoms with Gasteiger partial charge in [0.15, 0.2) is 0 Å². The first-order chi connectivity index (χ1) is 13.0. The molecule has 146 valence electrons. The highest BCUT2D eigenvalue weighted by atomic mass is 32.2. The molecule has 8 nitrogen and oxygen atoms in total. The molecule has 0 amide bonds. The van der Waals surface area contributed by atoms with Gasteiger partial charge in [0, 0.05) is 6.04 Å². The molecule has 27 heavy (non-hydrogen) atoms. The van der Waals surface area contributed by atoms with E-state index >= 15 is 0 Å². The number of guanidine groups is 1. The maximum Gasteiger partial charge on any atom is 0.266 e. The van der Waals surface area contributed by atoms with Crippen LogP contribution >= 0.6 is 11.7 Å². The van der Waals surface area contributed by atoms with Crippen LogP contribution in [0.3, 0.4) is 0 Å². The Balaban J connectivity index is 1.48. The van der Waals surface area contributed by atoms with Gasteiger partial charge >= 0.3 is 0 Å². The highest BCUT2D eigenvalue weighted by Crippen LogP contribution is 2.32. The summed E-state index contributed by atoms with van der Waals surface area (Å²) >= 11 is 1.00. The summed E-state index contributed by atoms with van der Waals surface area (Å²) < 4.78 is 36.3. The van der Waals surface area contributed by atoms with E-state index in [1.165, 1.54) is 25.3 Å². The lowest BCUT2D eigenvalue weighted by atomic mass is 9.77. The predicted octanol–water partition coefficient (Wildman–Crippen LogP) is 1.97. The van der Waals surface area contributed by atoms with E-state index in [1.54, 1.807) is 12.1 Å². The topological polar surface area (TPSA) is 99.6 Å². The highest BCUT2D eigenvalue weighted by Gasteiger charge is 2.33. The summed E-state index contributed by atoms with van der Waals surface area (Å²) in [5, 5.41) is 3.12. The summed E-state index contributed by atoms with van der Waals surface area (Å²) in [6, 6.07) is 5.44. The number of nitrogens with one attached hydrogen (secondary N) is 2. The van der Waals surface area contributed by atoms with Crippen LogP contribution in [0, 0.1) is 11.8 Å². The first-order valence-corrected chi connectivity index (χ1v) is 11.4. The maximum atomic E-state index is 12.8. The molecule has 1 aliphatic heterocycles. The third kappa shape index (κ3) is 3.65. The Labute approximate surface area is 163 Å². The van der Waals surface area contributed by atoms with Gasteiger partial charge in [-0.1, -0.05) is 32.8 Å². The van der Waals surface area contributed by atoms with Crippen molar-refractivity contribution < 1.29 is 8.42 Å². The number of hydrogen-bond donors (Lipinski definition) is 2. The molecule has 0 unspecified atom stereocenters. The van der Waals surface area contributed by atoms with Crippen LogP contribution in [0.1, 0.15) is 33.1 Å². The molecular formula is C17H24N6O2S2. The summed E-state index contributed by atoms with van der Waals surface area (Å²) in [6.45, 7) is 5.70. The van der Waals surface area contributed by atoms with Crippen molar-refractivity contribution in [1.29, 1.82) is 0 Å². The second-order valence-corrected chi connectivity index (χ2v) is 9.58. The first-order valence-electron chi connectivity index (χ1n) is 9.22. The molecule has 2 aromatic rings. The second kappa shape index (κ2) is 7.33. The van der Waals surface area contributed by atoms with Crippen LogP contribution in [0.15, 0.2) is 28.1 Å². The molecule has 2 aliphatic rings. The zero-order valence-electron chi connectivity index (χ0n) is 15.4. The molecule has 10 heteroatoms. The van der Waals surface area contributed by atoms with Crippen LogP contribution in [0.5, 0.6) is 0 Å². The Morgan fingerprint density at radius 1 is 1.26 bits per heavy atom. The van der Waals surface area contributed by atoms with E-state index in [9.17, 15) is 8.42 Å². The molecule has 1 fully saturated rings. The Hall–Kier alpha value is -1.78. The quantitative estimate of drug-likeness (QED) is 0.806. The van der Waals surface area contributed by atoms with Gasteiger partial charge in [0.2, 0.25) is 5.96 Å². The number of sulfonamides is 1. The van der Waals surface area contributed by atoms with E-state index in [0.29, 0.717) is 42.2 Å². The van der Waals surface area contributed by atoms with Crippen molar-refractivity contribution in [3.63, 3.8) is 0 Å². The predicted molar refractivity (Wildman–Crippen MR) is 106 cm³/mol. The number of nitrogens with zero attached hydrogens (tertiary/aromatic N) is 4. The average Bonchev–Trinajstić information content (AvgIpc) is 3.13. The lowest BCUT2D eigenvalue weighted by Crippen LogP contribution is -2.55. The third-order valence-corrected chi connectivity index (χ3v) is 7.68. The highest BCUT2D eigenvalue weighted by molar-refractivity contribution is 7.90. The number of hydrogen-bond acceptors (Lipinski definition) is 8. The molecule has 0 radical (unpaired) electrons. The summed E-state index contributed by atoms with van der Waals surface area (Å²) in [4.78, 5) is 6.85. The lowest BCUT2D eigenvalue weighted by Gasteiger charge is -2.42. The largest absolute Gasteiger partial charge is 0.343 e. The molecule has 0 bridgehead atoms. The number of benzene rings is 1. The Kier molecular flexibility index (Phi) is 5.04. The van der Waals surface area contributed by atoms with Gasteiger partial charge in [0.1, 0.15) is 15.9 Å². The van der Waals surface area contributed by atoms with Crippen molar-refractivity contribution in [3.05, 3.63) is 18.2 Å². The summed E-state index contributed by atoms with van der Waals surface area (Å²) in [5.41, 5.74) is 0.964. The molecule has 1 saturated carbocycles. The van der Waals surface area contributed by atoms with E-state index < -0.39 is 10.0 Å². The van der Waals surface area contributed by atoms with Crippen molar-refractivity contribution in [2.24, 2.45) is 16.8 Å². The van der Waals surface area contributed by atoms with Crippen molar-refractivity contribution >= 4 is 38.7 Å². The van der Waals surface area contributed by atoms with Crippen LogP contribution in [-0.4, -0.2) is 47.4 Å². The number of aliphatic imine (C=N–C) groups is 1. The third-order valence-electron chi connectivity index (χ3n) is 5.76. The number of aromatic nitrogens is 2. The molecule has 0 saturated heterocycles. The molecule has 2 N–H and O–H groups in total. The molecule has 1 aromatic heterocycles.